The molecule has 0 bridgehead atoms. The first-order valence-electron chi connectivity index (χ1n) is 8.03. The minimum Gasteiger partial charge on any atom is -0.340 e. The molecule has 0 saturated carbocycles. The van der Waals surface area contributed by atoms with E-state index in [0.717, 1.165) is 43.4 Å². The second-order valence-electron chi connectivity index (χ2n) is 6.23. The average Bonchev–Trinajstić information content (AvgIpc) is 2.98. The van der Waals surface area contributed by atoms with Crippen LogP contribution in [0.5, 0.6) is 0 Å². The Hall–Kier alpha value is -1.72. The summed E-state index contributed by atoms with van der Waals surface area (Å²) in [4.78, 5) is 20.5. The van der Waals surface area contributed by atoms with E-state index in [4.69, 9.17) is 4.98 Å². The maximum absolute atomic E-state index is 11.4. The average molecular weight is 329 g/mol. The molecule has 1 aromatic heterocycles. The summed E-state index contributed by atoms with van der Waals surface area (Å²) < 4.78 is 0. The Morgan fingerprint density at radius 2 is 1.96 bits per heavy atom. The number of benzene rings is 1. The Kier molecular flexibility index (Phi) is 4.78. The number of nitrogens with zero attached hydrogens (tertiary/aromatic N) is 3. The number of aromatic nitrogens is 1. The van der Waals surface area contributed by atoms with Gasteiger partial charge in [-0.15, -0.1) is 11.3 Å². The predicted octanol–water partition coefficient (Wildman–Crippen LogP) is 3.09. The Labute approximate surface area is 141 Å². The number of hydrogen-bond acceptors (Lipinski definition) is 4. The summed E-state index contributed by atoms with van der Waals surface area (Å²) in [6.07, 6.45) is 0. The summed E-state index contributed by atoms with van der Waals surface area (Å²) in [5.74, 6) is 0.177. The largest absolute Gasteiger partial charge is 0.340 e. The zero-order valence-corrected chi connectivity index (χ0v) is 14.8. The van der Waals surface area contributed by atoms with Gasteiger partial charge in [-0.2, -0.15) is 0 Å². The number of thiazole rings is 1. The van der Waals surface area contributed by atoms with E-state index in [-0.39, 0.29) is 5.91 Å². The van der Waals surface area contributed by atoms with Crippen LogP contribution in [0.15, 0.2) is 23.6 Å². The van der Waals surface area contributed by atoms with E-state index in [2.05, 4.69) is 42.3 Å². The highest BCUT2D eigenvalue weighted by Gasteiger charge is 2.19. The van der Waals surface area contributed by atoms with Crippen molar-refractivity contribution in [3.05, 3.63) is 39.7 Å². The maximum atomic E-state index is 11.4. The van der Waals surface area contributed by atoms with Crippen molar-refractivity contribution in [3.8, 4) is 11.3 Å². The van der Waals surface area contributed by atoms with Gasteiger partial charge in [-0.3, -0.25) is 9.69 Å². The minimum atomic E-state index is 0.177. The van der Waals surface area contributed by atoms with Crippen molar-refractivity contribution in [2.75, 3.05) is 26.2 Å². The van der Waals surface area contributed by atoms with Crippen LogP contribution in [0, 0.1) is 13.8 Å². The molecule has 1 aromatic carbocycles. The summed E-state index contributed by atoms with van der Waals surface area (Å²) in [5.41, 5.74) is 4.84. The third-order valence-corrected chi connectivity index (χ3v) is 5.23. The van der Waals surface area contributed by atoms with Gasteiger partial charge < -0.3 is 4.90 Å². The first kappa shape index (κ1) is 16.1. The molecule has 2 aromatic rings. The monoisotopic (exact) mass is 329 g/mol. The normalized spacial score (nSPS) is 15.9. The number of aryl methyl sites for hydroxylation is 2. The summed E-state index contributed by atoms with van der Waals surface area (Å²) >= 11 is 1.73. The Bertz CT molecular complexity index is 702. The van der Waals surface area contributed by atoms with Crippen LogP contribution in [-0.4, -0.2) is 46.9 Å². The van der Waals surface area contributed by atoms with Gasteiger partial charge in [0.25, 0.3) is 0 Å². The van der Waals surface area contributed by atoms with Gasteiger partial charge in [0.15, 0.2) is 0 Å². The van der Waals surface area contributed by atoms with Crippen LogP contribution in [0.3, 0.4) is 0 Å². The van der Waals surface area contributed by atoms with Crippen molar-refractivity contribution in [3.63, 3.8) is 0 Å². The molecule has 0 aliphatic carbocycles. The second-order valence-corrected chi connectivity index (χ2v) is 7.17. The molecule has 1 aliphatic rings. The van der Waals surface area contributed by atoms with Gasteiger partial charge >= 0.3 is 0 Å². The number of carbonyl (C=O) groups is 1. The lowest BCUT2D eigenvalue weighted by atomic mass is 10.0. The molecular formula is C18H23N3OS. The molecule has 0 atom stereocenters. The maximum Gasteiger partial charge on any atom is 0.219 e. The van der Waals surface area contributed by atoms with Gasteiger partial charge in [0.2, 0.25) is 5.91 Å². The number of piperazine rings is 1. The summed E-state index contributed by atoms with van der Waals surface area (Å²) in [6.45, 7) is 10.3. The van der Waals surface area contributed by atoms with Gasteiger partial charge in [-0.1, -0.05) is 17.7 Å². The van der Waals surface area contributed by atoms with Gasteiger partial charge in [0.05, 0.1) is 12.2 Å². The summed E-state index contributed by atoms with van der Waals surface area (Å²) in [6, 6.07) is 6.51. The lowest BCUT2D eigenvalue weighted by Crippen LogP contribution is -2.47. The fraction of sp³-hybridized carbons (Fsp3) is 0.444. The molecule has 0 unspecified atom stereocenters. The summed E-state index contributed by atoms with van der Waals surface area (Å²) in [7, 11) is 0. The van der Waals surface area contributed by atoms with E-state index < -0.39 is 0 Å². The molecule has 23 heavy (non-hydrogen) atoms. The van der Waals surface area contributed by atoms with Crippen LogP contribution in [0.25, 0.3) is 11.3 Å². The van der Waals surface area contributed by atoms with Gasteiger partial charge in [0.1, 0.15) is 5.01 Å². The fourth-order valence-electron chi connectivity index (χ4n) is 2.93. The van der Waals surface area contributed by atoms with Crippen LogP contribution < -0.4 is 0 Å². The SMILES string of the molecule is CC(=O)N1CCN(Cc2nc(-c3cc(C)ccc3C)cs2)CC1. The molecule has 0 N–H and O–H groups in total. The topological polar surface area (TPSA) is 36.4 Å². The van der Waals surface area contributed by atoms with E-state index in [1.165, 1.54) is 16.7 Å². The van der Waals surface area contributed by atoms with E-state index >= 15 is 0 Å². The molecule has 3 rings (SSSR count). The molecule has 2 heterocycles. The molecule has 4 nitrogen and oxygen atoms in total. The zero-order valence-electron chi connectivity index (χ0n) is 14.0. The molecule has 5 heteroatoms. The van der Waals surface area contributed by atoms with Crippen molar-refractivity contribution in [1.29, 1.82) is 0 Å². The number of hydrogen-bond donors (Lipinski definition) is 0. The van der Waals surface area contributed by atoms with Crippen molar-refractivity contribution in [2.45, 2.75) is 27.3 Å². The van der Waals surface area contributed by atoms with Crippen LogP contribution in [0.2, 0.25) is 0 Å². The predicted molar refractivity (Wildman–Crippen MR) is 94.6 cm³/mol. The Balaban J connectivity index is 1.66. The Morgan fingerprint density at radius 3 is 2.65 bits per heavy atom. The van der Waals surface area contributed by atoms with Crippen molar-refractivity contribution in [2.24, 2.45) is 0 Å². The molecule has 1 fully saturated rings. The van der Waals surface area contributed by atoms with Crippen LogP contribution in [0.4, 0.5) is 0 Å². The van der Waals surface area contributed by atoms with Crippen LogP contribution in [-0.2, 0) is 11.3 Å². The van der Waals surface area contributed by atoms with Crippen LogP contribution in [0.1, 0.15) is 23.1 Å². The van der Waals surface area contributed by atoms with E-state index in [1.807, 2.05) is 4.90 Å². The quantitative estimate of drug-likeness (QED) is 0.868. The summed E-state index contributed by atoms with van der Waals surface area (Å²) in [5, 5.41) is 3.31. The molecule has 0 radical (unpaired) electrons. The van der Waals surface area contributed by atoms with E-state index in [0.29, 0.717) is 0 Å². The van der Waals surface area contributed by atoms with Crippen molar-refractivity contribution in [1.82, 2.24) is 14.8 Å². The highest BCUT2D eigenvalue weighted by Crippen LogP contribution is 2.26. The van der Waals surface area contributed by atoms with Gasteiger partial charge in [-0.25, -0.2) is 4.98 Å². The third-order valence-electron chi connectivity index (χ3n) is 4.40. The first-order valence-corrected chi connectivity index (χ1v) is 8.91. The lowest BCUT2D eigenvalue weighted by Gasteiger charge is -2.33. The molecule has 0 spiro atoms. The highest BCUT2D eigenvalue weighted by atomic mass is 32.1. The van der Waals surface area contributed by atoms with Gasteiger partial charge in [-0.05, 0) is 25.5 Å². The van der Waals surface area contributed by atoms with Crippen LogP contribution >= 0.6 is 11.3 Å². The standard InChI is InChI=1S/C18H23N3OS/c1-13-4-5-14(2)16(10-13)17-12-23-18(19-17)11-20-6-8-21(9-7-20)15(3)22/h4-5,10,12H,6-9,11H2,1-3H3. The highest BCUT2D eigenvalue weighted by molar-refractivity contribution is 7.09. The second kappa shape index (κ2) is 6.81. The molecule has 122 valence electrons. The van der Waals surface area contributed by atoms with Crippen molar-refractivity contribution < 1.29 is 4.79 Å². The fourth-order valence-corrected chi connectivity index (χ4v) is 3.77. The number of rotatable bonds is 3. The molecule has 1 aliphatic heterocycles. The Morgan fingerprint density at radius 1 is 1.22 bits per heavy atom. The first-order chi connectivity index (χ1) is 11.0. The smallest absolute Gasteiger partial charge is 0.219 e. The lowest BCUT2D eigenvalue weighted by molar-refractivity contribution is -0.130. The third kappa shape index (κ3) is 3.79. The molecule has 1 amide bonds. The van der Waals surface area contributed by atoms with E-state index in [1.54, 1.807) is 18.3 Å². The number of carbonyl (C=O) groups excluding carboxylic acids is 1. The van der Waals surface area contributed by atoms with E-state index in [9.17, 15) is 4.79 Å². The number of amides is 1. The molecular weight excluding hydrogens is 306 g/mol. The molecule has 1 saturated heterocycles. The van der Waals surface area contributed by atoms with Gasteiger partial charge in [0, 0.05) is 44.0 Å². The van der Waals surface area contributed by atoms with Crippen molar-refractivity contribution >= 4 is 17.2 Å². The minimum absolute atomic E-state index is 0.177. The zero-order chi connectivity index (χ0) is 16.4.